The van der Waals surface area contributed by atoms with Gasteiger partial charge in [-0.1, -0.05) is 6.07 Å². The van der Waals surface area contributed by atoms with Gasteiger partial charge < -0.3 is 14.6 Å². The number of benzene rings is 1. The molecule has 0 spiro atoms. The van der Waals surface area contributed by atoms with Crippen molar-refractivity contribution < 1.29 is 8.81 Å². The molecular weight excluding hydrogens is 271 g/mol. The Hall–Kier alpha value is -2.21. The lowest BCUT2D eigenvalue weighted by atomic mass is 10.2. The van der Waals surface area contributed by atoms with E-state index in [9.17, 15) is 4.39 Å². The van der Waals surface area contributed by atoms with Crippen LogP contribution in [0, 0.1) is 5.82 Å². The van der Waals surface area contributed by atoms with Crippen LogP contribution in [0.2, 0.25) is 0 Å². The minimum atomic E-state index is -0.314. The quantitative estimate of drug-likeness (QED) is 0.783. The summed E-state index contributed by atoms with van der Waals surface area (Å²) in [5, 5.41) is 3.70. The van der Waals surface area contributed by atoms with Crippen molar-refractivity contribution in [1.29, 1.82) is 0 Å². The number of hydrogen-bond donors (Lipinski definition) is 1. The maximum atomic E-state index is 14.0. The Morgan fingerprint density at radius 2 is 2.29 bits per heavy atom. The van der Waals surface area contributed by atoms with Crippen molar-refractivity contribution in [2.24, 2.45) is 0 Å². The van der Waals surface area contributed by atoms with E-state index in [0.29, 0.717) is 28.1 Å². The van der Waals surface area contributed by atoms with Gasteiger partial charge in [0, 0.05) is 19.1 Å². The van der Waals surface area contributed by atoms with Crippen LogP contribution in [-0.4, -0.2) is 36.1 Å². The minimum absolute atomic E-state index is 0.314. The molecule has 1 atom stereocenters. The Morgan fingerprint density at radius 1 is 1.38 bits per heavy atom. The highest BCUT2D eigenvalue weighted by atomic mass is 19.1. The normalized spacial score (nSPS) is 19.0. The Labute approximate surface area is 120 Å². The molecular formula is C15H15FN4O. The first-order valence-electron chi connectivity index (χ1n) is 7.02. The topological polar surface area (TPSA) is 54.2 Å². The summed E-state index contributed by atoms with van der Waals surface area (Å²) in [6.45, 7) is 1.76. The molecule has 1 saturated heterocycles. The first-order valence-corrected chi connectivity index (χ1v) is 7.02. The van der Waals surface area contributed by atoms with Crippen molar-refractivity contribution in [2.75, 3.05) is 25.0 Å². The molecule has 5 nitrogen and oxygen atoms in total. The Kier molecular flexibility index (Phi) is 2.78. The predicted molar refractivity (Wildman–Crippen MR) is 78.9 cm³/mol. The molecule has 4 rings (SSSR count). The van der Waals surface area contributed by atoms with Crippen molar-refractivity contribution in [3.8, 4) is 0 Å². The summed E-state index contributed by atoms with van der Waals surface area (Å²) in [4.78, 5) is 10.7. The molecule has 1 aliphatic heterocycles. The number of hydrogen-bond acceptors (Lipinski definition) is 5. The molecule has 6 heteroatoms. The summed E-state index contributed by atoms with van der Waals surface area (Å²) in [6, 6.07) is 5.26. The molecule has 21 heavy (non-hydrogen) atoms. The van der Waals surface area contributed by atoms with Crippen molar-refractivity contribution in [1.82, 2.24) is 15.3 Å². The van der Waals surface area contributed by atoms with Crippen molar-refractivity contribution in [3.05, 3.63) is 30.3 Å². The summed E-state index contributed by atoms with van der Waals surface area (Å²) < 4.78 is 19.8. The second kappa shape index (κ2) is 4.66. The monoisotopic (exact) mass is 286 g/mol. The highest BCUT2D eigenvalue weighted by Gasteiger charge is 2.26. The van der Waals surface area contributed by atoms with E-state index in [1.165, 1.54) is 12.4 Å². The van der Waals surface area contributed by atoms with Gasteiger partial charge in [-0.15, -0.1) is 0 Å². The average molecular weight is 286 g/mol. The molecule has 1 fully saturated rings. The number of nitrogens with one attached hydrogen (secondary N) is 1. The molecule has 0 unspecified atom stereocenters. The highest BCUT2D eigenvalue weighted by Crippen LogP contribution is 2.34. The van der Waals surface area contributed by atoms with Gasteiger partial charge in [0.1, 0.15) is 23.2 Å². The van der Waals surface area contributed by atoms with Gasteiger partial charge in [0.15, 0.2) is 11.4 Å². The molecule has 1 N–H and O–H groups in total. The van der Waals surface area contributed by atoms with E-state index in [2.05, 4.69) is 20.2 Å². The third-order valence-corrected chi connectivity index (χ3v) is 4.11. The molecule has 3 aromatic rings. The fraction of sp³-hybridized carbons (Fsp3) is 0.333. The molecule has 0 amide bonds. The van der Waals surface area contributed by atoms with Crippen LogP contribution in [0.15, 0.2) is 28.9 Å². The lowest BCUT2D eigenvalue weighted by Crippen LogP contribution is -2.29. The number of nitrogens with zero attached hydrogens (tertiary/aromatic N) is 3. The third kappa shape index (κ3) is 1.86. The number of anilines is 1. The standard InChI is InChI=1S/C15H15FN4O/c1-17-9-5-6-20(7-9)15-14-13(18-8-19-15)12-10(16)3-2-4-11(12)21-14/h2-4,8-9,17H,5-7H2,1H3/t9-/m1/s1. The molecule has 0 radical (unpaired) electrons. The minimum Gasteiger partial charge on any atom is -0.450 e. The molecule has 0 saturated carbocycles. The number of aromatic nitrogens is 2. The summed E-state index contributed by atoms with van der Waals surface area (Å²) >= 11 is 0. The number of fused-ring (bicyclic) bond motifs is 3. The van der Waals surface area contributed by atoms with Crippen LogP contribution in [-0.2, 0) is 0 Å². The fourth-order valence-corrected chi connectivity index (χ4v) is 2.98. The third-order valence-electron chi connectivity index (χ3n) is 4.11. The second-order valence-electron chi connectivity index (χ2n) is 5.31. The Balaban J connectivity index is 1.91. The highest BCUT2D eigenvalue weighted by molar-refractivity contribution is 6.05. The average Bonchev–Trinajstić information content (AvgIpc) is 3.11. The number of rotatable bonds is 2. The van der Waals surface area contributed by atoms with Gasteiger partial charge in [0.2, 0.25) is 0 Å². The summed E-state index contributed by atoms with van der Waals surface area (Å²) in [7, 11) is 1.96. The zero-order valence-corrected chi connectivity index (χ0v) is 11.6. The molecule has 0 bridgehead atoms. The fourth-order valence-electron chi connectivity index (χ4n) is 2.98. The van der Waals surface area contributed by atoms with Crippen LogP contribution in [0.1, 0.15) is 6.42 Å². The van der Waals surface area contributed by atoms with Gasteiger partial charge in [0.25, 0.3) is 0 Å². The lowest BCUT2D eigenvalue weighted by Gasteiger charge is -2.16. The van der Waals surface area contributed by atoms with Crippen LogP contribution in [0.3, 0.4) is 0 Å². The van der Waals surface area contributed by atoms with E-state index in [1.807, 2.05) is 7.05 Å². The molecule has 1 aliphatic rings. The van der Waals surface area contributed by atoms with Gasteiger partial charge in [-0.3, -0.25) is 0 Å². The molecule has 3 heterocycles. The first-order chi connectivity index (χ1) is 10.3. The van der Waals surface area contributed by atoms with E-state index >= 15 is 0 Å². The van der Waals surface area contributed by atoms with Crippen LogP contribution in [0.5, 0.6) is 0 Å². The van der Waals surface area contributed by atoms with E-state index in [4.69, 9.17) is 4.42 Å². The largest absolute Gasteiger partial charge is 0.450 e. The molecule has 1 aromatic carbocycles. The summed E-state index contributed by atoms with van der Waals surface area (Å²) in [6.07, 6.45) is 2.53. The van der Waals surface area contributed by atoms with Crippen molar-refractivity contribution in [3.63, 3.8) is 0 Å². The maximum absolute atomic E-state index is 14.0. The van der Waals surface area contributed by atoms with Gasteiger partial charge in [0.05, 0.1) is 5.39 Å². The number of likely N-dealkylation sites (N-methyl/N-ethyl adjacent to an activating group) is 1. The first kappa shape index (κ1) is 12.5. The number of furan rings is 1. The van der Waals surface area contributed by atoms with Gasteiger partial charge in [-0.2, -0.15) is 0 Å². The zero-order chi connectivity index (χ0) is 14.4. The molecule has 108 valence electrons. The van der Waals surface area contributed by atoms with E-state index < -0.39 is 0 Å². The van der Waals surface area contributed by atoms with Gasteiger partial charge in [-0.05, 0) is 25.6 Å². The van der Waals surface area contributed by atoms with Gasteiger partial charge >= 0.3 is 0 Å². The SMILES string of the molecule is CN[C@@H]1CCN(c2ncnc3c2oc2cccc(F)c23)C1. The van der Waals surface area contributed by atoms with Crippen LogP contribution >= 0.6 is 0 Å². The van der Waals surface area contributed by atoms with Gasteiger partial charge in [-0.25, -0.2) is 14.4 Å². The lowest BCUT2D eigenvalue weighted by molar-refractivity contribution is 0.615. The maximum Gasteiger partial charge on any atom is 0.196 e. The van der Waals surface area contributed by atoms with Crippen LogP contribution < -0.4 is 10.2 Å². The van der Waals surface area contributed by atoms with Crippen molar-refractivity contribution in [2.45, 2.75) is 12.5 Å². The summed E-state index contributed by atoms with van der Waals surface area (Å²) in [5.41, 5.74) is 1.62. The smallest absolute Gasteiger partial charge is 0.196 e. The van der Waals surface area contributed by atoms with E-state index in [0.717, 1.165) is 25.3 Å². The summed E-state index contributed by atoms with van der Waals surface area (Å²) in [5.74, 6) is 0.429. The predicted octanol–water partition coefficient (Wildman–Crippen LogP) is 2.31. The Bertz CT molecular complexity index is 816. The molecule has 2 aromatic heterocycles. The number of halogens is 1. The van der Waals surface area contributed by atoms with E-state index in [-0.39, 0.29) is 5.82 Å². The second-order valence-corrected chi connectivity index (χ2v) is 5.31. The molecule has 0 aliphatic carbocycles. The zero-order valence-electron chi connectivity index (χ0n) is 11.6. The van der Waals surface area contributed by atoms with Crippen molar-refractivity contribution >= 4 is 27.9 Å². The van der Waals surface area contributed by atoms with Crippen LogP contribution in [0.4, 0.5) is 10.2 Å². The van der Waals surface area contributed by atoms with E-state index in [1.54, 1.807) is 12.1 Å². The van der Waals surface area contributed by atoms with Crippen LogP contribution in [0.25, 0.3) is 22.1 Å². The Morgan fingerprint density at radius 3 is 3.10 bits per heavy atom.